The summed E-state index contributed by atoms with van der Waals surface area (Å²) in [6.07, 6.45) is 0.948. The summed E-state index contributed by atoms with van der Waals surface area (Å²) >= 11 is 0. The first kappa shape index (κ1) is 27.1. The zero-order chi connectivity index (χ0) is 28.4. The van der Waals surface area contributed by atoms with Crippen molar-refractivity contribution in [2.75, 3.05) is 26.6 Å². The van der Waals surface area contributed by atoms with Crippen LogP contribution in [-0.4, -0.2) is 33.0 Å². The molecule has 0 bridgehead atoms. The van der Waals surface area contributed by atoms with E-state index in [-0.39, 0.29) is 17.6 Å². The Morgan fingerprint density at radius 1 is 0.850 bits per heavy atom. The van der Waals surface area contributed by atoms with Crippen molar-refractivity contribution in [3.05, 3.63) is 106 Å². The van der Waals surface area contributed by atoms with E-state index in [2.05, 4.69) is 10.6 Å². The molecule has 206 valence electrons. The molecule has 0 saturated carbocycles. The number of hydrogen-bond donors (Lipinski definition) is 2. The number of benzene rings is 3. The number of ether oxygens (including phenoxy) is 3. The highest BCUT2D eigenvalue weighted by atomic mass is 16.5. The van der Waals surface area contributed by atoms with Crippen molar-refractivity contribution >= 4 is 17.4 Å². The molecule has 3 aromatic carbocycles. The Morgan fingerprint density at radius 3 is 2.35 bits per heavy atom. The molecule has 2 N–H and O–H groups in total. The predicted molar refractivity (Wildman–Crippen MR) is 155 cm³/mol. The zero-order valence-electron chi connectivity index (χ0n) is 23.5. The van der Waals surface area contributed by atoms with Gasteiger partial charge in [-0.15, -0.1) is 0 Å². The molecule has 1 amide bonds. The van der Waals surface area contributed by atoms with Crippen LogP contribution < -0.4 is 24.8 Å². The molecule has 0 radical (unpaired) electrons. The number of Topliss-reactive ketones (excluding diaryl/α,β-unsaturated/α-hetero) is 1. The van der Waals surface area contributed by atoms with Crippen LogP contribution in [0.2, 0.25) is 0 Å². The van der Waals surface area contributed by atoms with Gasteiger partial charge in [0.05, 0.1) is 21.3 Å². The molecule has 40 heavy (non-hydrogen) atoms. The number of nitrogens with one attached hydrogen (secondary N) is 2. The van der Waals surface area contributed by atoms with E-state index >= 15 is 0 Å². The van der Waals surface area contributed by atoms with Gasteiger partial charge in [-0.3, -0.25) is 9.59 Å². The van der Waals surface area contributed by atoms with E-state index in [1.54, 1.807) is 21.3 Å². The molecule has 2 aliphatic rings. The Kier molecular flexibility index (Phi) is 7.65. The van der Waals surface area contributed by atoms with Gasteiger partial charge in [0.25, 0.3) is 5.91 Å². The van der Waals surface area contributed by atoms with Gasteiger partial charge < -0.3 is 24.8 Å². The zero-order valence-corrected chi connectivity index (χ0v) is 23.5. The lowest BCUT2D eigenvalue weighted by molar-refractivity contribution is -0.116. The third kappa shape index (κ3) is 5.07. The smallest absolute Gasteiger partial charge is 0.254 e. The van der Waals surface area contributed by atoms with Crippen LogP contribution in [0.1, 0.15) is 48.3 Å². The first-order valence-corrected chi connectivity index (χ1v) is 13.3. The number of hydrogen-bond acceptors (Lipinski definition) is 6. The van der Waals surface area contributed by atoms with Crippen molar-refractivity contribution in [3.63, 3.8) is 0 Å². The maximum Gasteiger partial charge on any atom is 0.254 e. The number of allylic oxidation sites excluding steroid dienone is 3. The van der Waals surface area contributed by atoms with Crippen molar-refractivity contribution < 1.29 is 23.8 Å². The standard InChI is InChI=1S/C33H34N2O5/c1-19-9-6-7-12-25(19)35-33(37)30-20(2)34-26-16-23(21-13-14-28(39-4)29(18-21)40-5)17-27(36)32(26)31(30)22-10-8-11-24(15-22)38-3/h6-15,18,23,31,34H,16-17H2,1-5H3,(H,35,37)/t23-,31-/m1/s1. The lowest BCUT2D eigenvalue weighted by Crippen LogP contribution is -2.37. The number of methoxy groups -OCH3 is 3. The molecule has 2 atom stereocenters. The molecular formula is C33H34N2O5. The Labute approximate surface area is 234 Å². The molecule has 1 aliphatic carbocycles. The molecular weight excluding hydrogens is 504 g/mol. The minimum Gasteiger partial charge on any atom is -0.497 e. The summed E-state index contributed by atoms with van der Waals surface area (Å²) in [4.78, 5) is 27.8. The maximum atomic E-state index is 14.0. The van der Waals surface area contributed by atoms with Crippen LogP contribution >= 0.6 is 0 Å². The van der Waals surface area contributed by atoms with Crippen LogP contribution in [0.3, 0.4) is 0 Å². The van der Waals surface area contributed by atoms with Crippen LogP contribution in [0.15, 0.2) is 89.3 Å². The van der Waals surface area contributed by atoms with E-state index in [1.165, 1.54) is 0 Å². The van der Waals surface area contributed by atoms with Crippen LogP contribution in [-0.2, 0) is 9.59 Å². The van der Waals surface area contributed by atoms with E-state index in [9.17, 15) is 9.59 Å². The lowest BCUT2D eigenvalue weighted by Gasteiger charge is -2.37. The third-order valence-corrected chi connectivity index (χ3v) is 7.77. The molecule has 5 rings (SSSR count). The van der Waals surface area contributed by atoms with Gasteiger partial charge in [0.2, 0.25) is 0 Å². The van der Waals surface area contributed by atoms with Gasteiger partial charge in [0, 0.05) is 40.6 Å². The van der Waals surface area contributed by atoms with Crippen LogP contribution in [0, 0.1) is 6.92 Å². The minimum absolute atomic E-state index is 0.00930. The topological polar surface area (TPSA) is 85.9 Å². The Balaban J connectivity index is 1.56. The van der Waals surface area contributed by atoms with Gasteiger partial charge in [-0.2, -0.15) is 0 Å². The lowest BCUT2D eigenvalue weighted by atomic mass is 9.71. The summed E-state index contributed by atoms with van der Waals surface area (Å²) in [5.41, 5.74) is 6.25. The highest BCUT2D eigenvalue weighted by molar-refractivity contribution is 6.10. The highest BCUT2D eigenvalue weighted by Crippen LogP contribution is 2.47. The van der Waals surface area contributed by atoms with Crippen molar-refractivity contribution in [1.82, 2.24) is 5.32 Å². The normalized spacial score (nSPS) is 18.6. The molecule has 0 fully saturated rings. The fourth-order valence-electron chi connectivity index (χ4n) is 5.74. The van der Waals surface area contributed by atoms with E-state index < -0.39 is 5.92 Å². The summed E-state index contributed by atoms with van der Waals surface area (Å²) in [7, 11) is 4.82. The molecule has 1 heterocycles. The van der Waals surface area contributed by atoms with Gasteiger partial charge in [0.1, 0.15) is 5.75 Å². The van der Waals surface area contributed by atoms with Crippen molar-refractivity contribution in [2.24, 2.45) is 0 Å². The van der Waals surface area contributed by atoms with Gasteiger partial charge >= 0.3 is 0 Å². The van der Waals surface area contributed by atoms with Gasteiger partial charge in [-0.1, -0.05) is 36.4 Å². The Bertz CT molecular complexity index is 1540. The number of carbonyl (C=O) groups is 2. The van der Waals surface area contributed by atoms with Crippen molar-refractivity contribution in [2.45, 2.75) is 38.5 Å². The van der Waals surface area contributed by atoms with E-state index in [1.807, 2.05) is 80.6 Å². The fourth-order valence-corrected chi connectivity index (χ4v) is 5.74. The molecule has 1 aliphatic heterocycles. The van der Waals surface area contributed by atoms with E-state index in [4.69, 9.17) is 14.2 Å². The molecule has 7 nitrogen and oxygen atoms in total. The van der Waals surface area contributed by atoms with Crippen LogP contribution in [0.5, 0.6) is 17.2 Å². The number of amides is 1. The third-order valence-electron chi connectivity index (χ3n) is 7.77. The number of dihydropyridines is 1. The molecule has 3 aromatic rings. The number of carbonyl (C=O) groups excluding carboxylic acids is 2. The number of aryl methyl sites for hydroxylation is 1. The Morgan fingerprint density at radius 2 is 1.62 bits per heavy atom. The predicted octanol–water partition coefficient (Wildman–Crippen LogP) is 6.02. The minimum atomic E-state index is -0.533. The molecule has 0 spiro atoms. The summed E-state index contributed by atoms with van der Waals surface area (Å²) in [6.45, 7) is 3.85. The van der Waals surface area contributed by atoms with Crippen molar-refractivity contribution in [1.29, 1.82) is 0 Å². The summed E-state index contributed by atoms with van der Waals surface area (Å²) in [6, 6.07) is 21.1. The highest BCUT2D eigenvalue weighted by Gasteiger charge is 2.41. The van der Waals surface area contributed by atoms with E-state index in [0.717, 1.165) is 33.8 Å². The first-order chi connectivity index (χ1) is 19.3. The molecule has 7 heteroatoms. The van der Waals surface area contributed by atoms with Gasteiger partial charge in [0.15, 0.2) is 17.3 Å². The largest absolute Gasteiger partial charge is 0.497 e. The number of para-hydroxylation sites is 1. The maximum absolute atomic E-state index is 14.0. The first-order valence-electron chi connectivity index (χ1n) is 13.3. The van der Waals surface area contributed by atoms with Gasteiger partial charge in [-0.05, 0) is 73.2 Å². The SMILES string of the molecule is COc1cccc([C@@H]2C(C(=O)Nc3ccccc3C)=C(C)NC3=C2C(=O)C[C@H](c2ccc(OC)c(OC)c2)C3)c1. The van der Waals surface area contributed by atoms with E-state index in [0.29, 0.717) is 41.2 Å². The summed E-state index contributed by atoms with van der Waals surface area (Å²) in [5.74, 6) is 1.13. The number of ketones is 1. The monoisotopic (exact) mass is 538 g/mol. The second kappa shape index (κ2) is 11.3. The number of anilines is 1. The average molecular weight is 539 g/mol. The molecule has 0 saturated heterocycles. The van der Waals surface area contributed by atoms with Gasteiger partial charge in [-0.25, -0.2) is 0 Å². The molecule has 0 aromatic heterocycles. The average Bonchev–Trinajstić information content (AvgIpc) is 2.97. The van der Waals surface area contributed by atoms with Crippen molar-refractivity contribution in [3.8, 4) is 17.2 Å². The number of rotatable bonds is 7. The molecule has 0 unspecified atom stereocenters. The van der Waals surface area contributed by atoms with Crippen LogP contribution in [0.4, 0.5) is 5.69 Å². The quantitative estimate of drug-likeness (QED) is 0.383. The Hall–Kier alpha value is -4.52. The summed E-state index contributed by atoms with van der Waals surface area (Å²) < 4.78 is 16.4. The second-order valence-corrected chi connectivity index (χ2v) is 10.2. The van der Waals surface area contributed by atoms with Crippen LogP contribution in [0.25, 0.3) is 0 Å². The fraction of sp³-hybridized carbons (Fsp3) is 0.273. The second-order valence-electron chi connectivity index (χ2n) is 10.2. The summed E-state index contributed by atoms with van der Waals surface area (Å²) in [5, 5.41) is 6.53.